The predicted octanol–water partition coefficient (Wildman–Crippen LogP) is 1.18. The van der Waals surface area contributed by atoms with Crippen molar-refractivity contribution in [2.45, 2.75) is 12.5 Å². The maximum Gasteiger partial charge on any atom is 0.219 e. The van der Waals surface area contributed by atoms with Gasteiger partial charge in [-0.1, -0.05) is 30.3 Å². The molecule has 0 aliphatic carbocycles. The molecule has 1 atom stereocenters. The van der Waals surface area contributed by atoms with Gasteiger partial charge in [-0.3, -0.25) is 4.79 Å². The molecule has 0 aromatic heterocycles. The monoisotopic (exact) mass is 166 g/mol. The van der Waals surface area contributed by atoms with Gasteiger partial charge in [0.1, 0.15) is 6.04 Å². The van der Waals surface area contributed by atoms with Crippen LogP contribution in [0.2, 0.25) is 0 Å². The highest BCUT2D eigenvalue weighted by molar-refractivity contribution is 5.58. The fraction of sp³-hybridized carbons (Fsp3) is 0.222. The van der Waals surface area contributed by atoms with Crippen molar-refractivity contribution in [2.24, 2.45) is 0 Å². The summed E-state index contributed by atoms with van der Waals surface area (Å²) in [7, 11) is 0. The summed E-state index contributed by atoms with van der Waals surface area (Å²) in [6, 6.07) is 8.37. The van der Waals surface area contributed by atoms with Crippen molar-refractivity contribution in [1.82, 2.24) is 5.54 Å². The van der Waals surface area contributed by atoms with E-state index in [2.05, 4.69) is 0 Å². The molecule has 1 radical (unpaired) electrons. The van der Waals surface area contributed by atoms with Crippen LogP contribution in [0.25, 0.3) is 0 Å². The minimum atomic E-state index is -0.854. The molecule has 0 fully saturated rings. The Morgan fingerprint density at radius 3 is 2.58 bits per heavy atom. The van der Waals surface area contributed by atoms with Crippen LogP contribution in [0.5, 0.6) is 0 Å². The van der Waals surface area contributed by atoms with Crippen LogP contribution in [0.3, 0.4) is 0 Å². The van der Waals surface area contributed by atoms with E-state index >= 15 is 0 Å². The molecular weight excluding hydrogens is 157 g/mol. The van der Waals surface area contributed by atoms with Gasteiger partial charge in [0.2, 0.25) is 6.29 Å². The number of nitrogens with one attached hydrogen (secondary N) is 1. The Morgan fingerprint density at radius 2 is 2.08 bits per heavy atom. The van der Waals surface area contributed by atoms with Crippen LogP contribution in [0, 0.1) is 0 Å². The SMILES string of the molecule is O=[C]C(Cc1ccccc1)NF. The highest BCUT2D eigenvalue weighted by Gasteiger charge is 2.07. The lowest BCUT2D eigenvalue weighted by molar-refractivity contribution is 0.303. The lowest BCUT2D eigenvalue weighted by Crippen LogP contribution is -2.25. The van der Waals surface area contributed by atoms with Gasteiger partial charge < -0.3 is 0 Å². The number of hydrogen-bond acceptors (Lipinski definition) is 2. The molecule has 0 bridgehead atoms. The van der Waals surface area contributed by atoms with Crippen LogP contribution in [0.15, 0.2) is 30.3 Å². The summed E-state index contributed by atoms with van der Waals surface area (Å²) in [4.78, 5) is 10.1. The summed E-state index contributed by atoms with van der Waals surface area (Å²) in [5, 5.41) is 0. The van der Waals surface area contributed by atoms with E-state index in [9.17, 15) is 9.28 Å². The van der Waals surface area contributed by atoms with Gasteiger partial charge in [-0.05, 0) is 12.0 Å². The zero-order valence-corrected chi connectivity index (χ0v) is 6.46. The van der Waals surface area contributed by atoms with Crippen molar-refractivity contribution in [3.05, 3.63) is 35.9 Å². The van der Waals surface area contributed by atoms with Crippen molar-refractivity contribution >= 4 is 6.29 Å². The fourth-order valence-corrected chi connectivity index (χ4v) is 0.952. The Hall–Kier alpha value is -1.22. The number of benzene rings is 1. The lowest BCUT2D eigenvalue weighted by atomic mass is 10.1. The molecule has 0 heterocycles. The Balaban J connectivity index is 2.56. The van der Waals surface area contributed by atoms with Crippen molar-refractivity contribution < 1.29 is 9.28 Å². The third kappa shape index (κ3) is 2.43. The molecule has 1 N–H and O–H groups in total. The van der Waals surface area contributed by atoms with Crippen LogP contribution in [-0.4, -0.2) is 12.3 Å². The zero-order valence-electron chi connectivity index (χ0n) is 6.46. The molecular formula is C9H9FNO. The maximum absolute atomic E-state index is 11.8. The van der Waals surface area contributed by atoms with Gasteiger partial charge in [0.15, 0.2) is 0 Å². The van der Waals surface area contributed by atoms with Gasteiger partial charge in [-0.2, -0.15) is 0 Å². The first-order valence-electron chi connectivity index (χ1n) is 3.64. The van der Waals surface area contributed by atoms with Gasteiger partial charge in [-0.25, -0.2) is 0 Å². The minimum absolute atomic E-state index is 0.334. The van der Waals surface area contributed by atoms with Crippen LogP contribution in [0.1, 0.15) is 5.56 Å². The maximum atomic E-state index is 11.8. The van der Waals surface area contributed by atoms with Crippen molar-refractivity contribution in [3.8, 4) is 0 Å². The van der Waals surface area contributed by atoms with E-state index < -0.39 is 6.04 Å². The molecule has 0 spiro atoms. The molecule has 0 saturated carbocycles. The normalized spacial score (nSPS) is 12.4. The number of rotatable bonds is 4. The summed E-state index contributed by atoms with van der Waals surface area (Å²) < 4.78 is 11.8. The van der Waals surface area contributed by atoms with E-state index in [4.69, 9.17) is 0 Å². The molecule has 1 rings (SSSR count). The Kier molecular flexibility index (Phi) is 3.41. The predicted molar refractivity (Wildman–Crippen MR) is 43.9 cm³/mol. The third-order valence-corrected chi connectivity index (χ3v) is 1.56. The van der Waals surface area contributed by atoms with Crippen LogP contribution in [0.4, 0.5) is 4.48 Å². The number of hydrogen-bond donors (Lipinski definition) is 1. The van der Waals surface area contributed by atoms with E-state index in [1.807, 2.05) is 30.3 Å². The standard InChI is InChI=1S/C9H9FNO/c10-11-9(7-12)6-8-4-2-1-3-5-8/h1-5,9,11H,6H2. The van der Waals surface area contributed by atoms with Gasteiger partial charge in [-0.15, -0.1) is 10.0 Å². The van der Waals surface area contributed by atoms with Crippen LogP contribution in [-0.2, 0) is 11.2 Å². The van der Waals surface area contributed by atoms with Crippen molar-refractivity contribution in [2.75, 3.05) is 0 Å². The lowest BCUT2D eigenvalue weighted by Gasteiger charge is -2.04. The molecule has 0 saturated heterocycles. The fourth-order valence-electron chi connectivity index (χ4n) is 0.952. The summed E-state index contributed by atoms with van der Waals surface area (Å²) in [6.07, 6.45) is 1.90. The average molecular weight is 166 g/mol. The van der Waals surface area contributed by atoms with Gasteiger partial charge in [0, 0.05) is 0 Å². The second-order valence-electron chi connectivity index (χ2n) is 2.47. The van der Waals surface area contributed by atoms with Crippen molar-refractivity contribution in [1.29, 1.82) is 0 Å². The Morgan fingerprint density at radius 1 is 1.42 bits per heavy atom. The van der Waals surface area contributed by atoms with Gasteiger partial charge in [0.05, 0.1) is 0 Å². The minimum Gasteiger partial charge on any atom is -0.289 e. The molecule has 63 valence electrons. The van der Waals surface area contributed by atoms with Crippen molar-refractivity contribution in [3.63, 3.8) is 0 Å². The molecule has 1 aromatic carbocycles. The smallest absolute Gasteiger partial charge is 0.219 e. The first-order chi connectivity index (χ1) is 5.86. The van der Waals surface area contributed by atoms with Crippen LogP contribution >= 0.6 is 0 Å². The van der Waals surface area contributed by atoms with E-state index in [1.165, 1.54) is 5.54 Å². The van der Waals surface area contributed by atoms with Gasteiger partial charge in [0.25, 0.3) is 0 Å². The first-order valence-corrected chi connectivity index (χ1v) is 3.64. The molecule has 2 nitrogen and oxygen atoms in total. The average Bonchev–Trinajstić information content (AvgIpc) is 2.16. The summed E-state index contributed by atoms with van der Waals surface area (Å²) in [5.41, 5.74) is 2.29. The molecule has 0 aliphatic rings. The summed E-state index contributed by atoms with van der Waals surface area (Å²) >= 11 is 0. The molecule has 12 heavy (non-hydrogen) atoms. The van der Waals surface area contributed by atoms with Gasteiger partial charge >= 0.3 is 0 Å². The topological polar surface area (TPSA) is 29.1 Å². The zero-order chi connectivity index (χ0) is 8.81. The largest absolute Gasteiger partial charge is 0.289 e. The molecule has 0 aliphatic heterocycles. The molecule has 3 heteroatoms. The molecule has 1 unspecified atom stereocenters. The quantitative estimate of drug-likeness (QED) is 0.680. The highest BCUT2D eigenvalue weighted by Crippen LogP contribution is 2.01. The second kappa shape index (κ2) is 4.62. The summed E-state index contributed by atoms with van der Waals surface area (Å²) in [5.74, 6) is 0. The van der Waals surface area contributed by atoms with Crippen LogP contribution < -0.4 is 5.54 Å². The van der Waals surface area contributed by atoms with E-state index in [1.54, 1.807) is 6.29 Å². The Bertz CT molecular complexity index is 238. The first kappa shape index (κ1) is 8.87. The van der Waals surface area contributed by atoms with E-state index in [-0.39, 0.29) is 0 Å². The van der Waals surface area contributed by atoms with E-state index in [0.29, 0.717) is 6.42 Å². The van der Waals surface area contributed by atoms with E-state index in [0.717, 1.165) is 5.56 Å². The summed E-state index contributed by atoms with van der Waals surface area (Å²) in [6.45, 7) is 0. The molecule has 0 amide bonds. The number of carbonyl (C=O) groups excluding carboxylic acids is 1. The second-order valence-corrected chi connectivity index (χ2v) is 2.47. The number of halogens is 1. The Labute approximate surface area is 70.3 Å². The molecule has 1 aromatic rings. The highest BCUT2D eigenvalue weighted by atomic mass is 19.2. The third-order valence-electron chi connectivity index (χ3n) is 1.56.